The molecule has 0 aliphatic heterocycles. The molecule has 0 aromatic carbocycles. The van der Waals surface area contributed by atoms with E-state index in [0.717, 1.165) is 0 Å². The molecule has 1 N–H and O–H groups in total. The van der Waals surface area contributed by atoms with Gasteiger partial charge in [0.1, 0.15) is 0 Å². The Kier molecular flexibility index (Phi) is 11.9. The van der Waals surface area contributed by atoms with Crippen LogP contribution in [0, 0.1) is 0 Å². The first-order chi connectivity index (χ1) is 19.1. The van der Waals surface area contributed by atoms with Gasteiger partial charge in [-0.15, -0.1) is 0 Å². The minimum atomic E-state index is -9.21. The highest BCUT2D eigenvalue weighted by Gasteiger charge is 2.97. The number of aliphatic carboxylic acids is 1. The number of esters is 1. The van der Waals surface area contributed by atoms with Crippen molar-refractivity contribution in [3.05, 3.63) is 0 Å². The van der Waals surface area contributed by atoms with Crippen LogP contribution in [-0.4, -0.2) is 94.6 Å². The Labute approximate surface area is 233 Å². The van der Waals surface area contributed by atoms with Gasteiger partial charge in [-0.05, 0) is 12.2 Å². The molecule has 0 aromatic heterocycles. The van der Waals surface area contributed by atoms with Crippen molar-refractivity contribution < 1.29 is 112 Å². The zero-order valence-corrected chi connectivity index (χ0v) is 21.1. The normalized spacial score (nSPS) is 15.4. The summed E-state index contributed by atoms with van der Waals surface area (Å²) >= 11 is 0.319. The summed E-state index contributed by atoms with van der Waals surface area (Å²) in [6.07, 6.45) is -12.9. The van der Waals surface area contributed by atoms with Crippen LogP contribution in [0.15, 0.2) is 0 Å². The molecule has 0 aliphatic rings. The minimum absolute atomic E-state index is 0.319. The molecule has 0 amide bonds. The second kappa shape index (κ2) is 12.5. The van der Waals surface area contributed by atoms with Gasteiger partial charge in [0.05, 0.1) is 6.42 Å². The van der Waals surface area contributed by atoms with Crippen LogP contribution in [0.4, 0.5) is 92.2 Å². The maximum atomic E-state index is 13.8. The largest absolute Gasteiger partial charge is 0.479 e. The van der Waals surface area contributed by atoms with Crippen LogP contribution in [0.3, 0.4) is 0 Å². The fourth-order valence-electron chi connectivity index (χ4n) is 2.62. The Balaban J connectivity index is 6.14. The number of rotatable bonds is 17. The number of hydrogen-bond acceptors (Lipinski definition) is 4. The number of thioether (sulfide) groups is 1. The van der Waals surface area contributed by atoms with Crippen LogP contribution in [0.2, 0.25) is 0 Å². The number of carboxylic acid groups (broad SMARTS) is 1. The van der Waals surface area contributed by atoms with Crippen molar-refractivity contribution in [3.8, 4) is 0 Å². The molecule has 0 bridgehead atoms. The molecule has 4 nitrogen and oxygen atoms in total. The molecule has 0 unspecified atom stereocenters. The molecule has 0 aromatic rings. The summed E-state index contributed by atoms with van der Waals surface area (Å²) in [4.78, 5) is 21.2. The predicted octanol–water partition coefficient (Wildman–Crippen LogP) is 7.80. The minimum Gasteiger partial charge on any atom is -0.479 e. The average Bonchev–Trinajstić information content (AvgIpc) is 2.82. The van der Waals surface area contributed by atoms with Crippen LogP contribution < -0.4 is 0 Å². The highest BCUT2D eigenvalue weighted by molar-refractivity contribution is 7.99. The molecule has 26 heteroatoms. The first-order valence-corrected chi connectivity index (χ1v) is 11.6. The molecule has 0 fully saturated rings. The van der Waals surface area contributed by atoms with Gasteiger partial charge in [0, 0.05) is 12.2 Å². The van der Waals surface area contributed by atoms with Crippen LogP contribution in [-0.2, 0) is 14.3 Å². The van der Waals surface area contributed by atoms with Crippen LogP contribution in [0.1, 0.15) is 19.3 Å². The molecule has 0 aliphatic carbocycles. The van der Waals surface area contributed by atoms with E-state index in [1.165, 1.54) is 0 Å². The van der Waals surface area contributed by atoms with E-state index in [2.05, 4.69) is 4.74 Å². The fraction of sp³-hybridized carbons (Fsp3) is 0.889. The van der Waals surface area contributed by atoms with E-state index in [1.807, 2.05) is 0 Å². The van der Waals surface area contributed by atoms with Crippen molar-refractivity contribution in [2.45, 2.75) is 78.7 Å². The van der Waals surface area contributed by atoms with E-state index in [0.29, 0.717) is 11.8 Å². The summed E-state index contributed by atoms with van der Waals surface area (Å²) in [5.74, 6) is -81.4. The Hall–Kier alpha value is -2.18. The number of carboxylic acids is 1. The molecule has 0 rings (SSSR count). The SMILES string of the molecule is O=C(O)COC(=O)CCSCCCC(F)(F)C(F)(F)C(F)(F)C(F)(F)C(F)(F)C(F)(F)C(F)(F)C(F)(F)C(F)(F)C(F)(F)F. The monoisotopic (exact) mass is 724 g/mol. The Bertz CT molecular complexity index is 1020. The lowest BCUT2D eigenvalue weighted by Crippen LogP contribution is -2.76. The van der Waals surface area contributed by atoms with Crippen LogP contribution in [0.5, 0.6) is 0 Å². The summed E-state index contributed by atoms with van der Waals surface area (Å²) in [5, 5.41) is 8.24. The molecule has 0 saturated carbocycles. The quantitative estimate of drug-likeness (QED) is 0.0944. The zero-order chi connectivity index (χ0) is 35.8. The first-order valence-electron chi connectivity index (χ1n) is 10.5. The van der Waals surface area contributed by atoms with Gasteiger partial charge in [-0.3, -0.25) is 4.79 Å². The molecule has 0 heterocycles. The molecule has 0 spiro atoms. The number of carbonyl (C=O) groups is 2. The third kappa shape index (κ3) is 6.82. The van der Waals surface area contributed by atoms with E-state index in [1.54, 1.807) is 0 Å². The van der Waals surface area contributed by atoms with Crippen LogP contribution >= 0.6 is 11.8 Å². The number of halogens is 21. The Morgan fingerprint density at radius 1 is 0.523 bits per heavy atom. The summed E-state index contributed by atoms with van der Waals surface area (Å²) in [6.45, 7) is -1.13. The molecule has 262 valence electrons. The third-order valence-corrected chi connectivity index (χ3v) is 6.23. The van der Waals surface area contributed by atoms with Crippen molar-refractivity contribution in [1.29, 1.82) is 0 Å². The number of carbonyl (C=O) groups excluding carboxylic acids is 1. The molecular weight excluding hydrogens is 711 g/mol. The van der Waals surface area contributed by atoms with Gasteiger partial charge in [0.15, 0.2) is 6.61 Å². The summed E-state index contributed by atoms with van der Waals surface area (Å²) < 4.78 is 284. The van der Waals surface area contributed by atoms with E-state index in [-0.39, 0.29) is 0 Å². The van der Waals surface area contributed by atoms with Crippen molar-refractivity contribution in [2.24, 2.45) is 0 Å². The predicted molar refractivity (Wildman–Crippen MR) is 100 cm³/mol. The van der Waals surface area contributed by atoms with E-state index < -0.39 is 109 Å². The van der Waals surface area contributed by atoms with Gasteiger partial charge in [-0.25, -0.2) is 4.79 Å². The summed E-state index contributed by atoms with van der Waals surface area (Å²) in [6, 6.07) is 0. The topological polar surface area (TPSA) is 63.6 Å². The van der Waals surface area contributed by atoms with E-state index in [9.17, 15) is 102 Å². The van der Waals surface area contributed by atoms with Crippen molar-refractivity contribution in [3.63, 3.8) is 0 Å². The summed E-state index contributed by atoms with van der Waals surface area (Å²) in [7, 11) is 0. The number of alkyl halides is 21. The number of hydrogen-bond donors (Lipinski definition) is 1. The van der Waals surface area contributed by atoms with Crippen LogP contribution in [0.25, 0.3) is 0 Å². The highest BCUT2D eigenvalue weighted by Crippen LogP contribution is 2.66. The maximum Gasteiger partial charge on any atom is 0.460 e. The van der Waals surface area contributed by atoms with Gasteiger partial charge in [-0.1, -0.05) is 0 Å². The Morgan fingerprint density at radius 3 is 1.20 bits per heavy atom. The fourth-order valence-corrected chi connectivity index (χ4v) is 3.48. The van der Waals surface area contributed by atoms with Gasteiger partial charge in [0.2, 0.25) is 0 Å². The molecular formula is C18H13F21O4S. The van der Waals surface area contributed by atoms with Gasteiger partial charge >= 0.3 is 71.4 Å². The van der Waals surface area contributed by atoms with Gasteiger partial charge < -0.3 is 9.84 Å². The second-order valence-electron chi connectivity index (χ2n) is 8.32. The zero-order valence-electron chi connectivity index (χ0n) is 20.3. The first kappa shape index (κ1) is 41.8. The van der Waals surface area contributed by atoms with Crippen molar-refractivity contribution in [2.75, 3.05) is 18.1 Å². The van der Waals surface area contributed by atoms with Crippen molar-refractivity contribution >= 4 is 23.7 Å². The van der Waals surface area contributed by atoms with E-state index in [4.69, 9.17) is 5.11 Å². The second-order valence-corrected chi connectivity index (χ2v) is 9.54. The highest BCUT2D eigenvalue weighted by atomic mass is 32.2. The average molecular weight is 724 g/mol. The molecule has 0 atom stereocenters. The van der Waals surface area contributed by atoms with Gasteiger partial charge in [0.25, 0.3) is 0 Å². The molecule has 0 saturated heterocycles. The van der Waals surface area contributed by atoms with E-state index >= 15 is 0 Å². The van der Waals surface area contributed by atoms with Crippen molar-refractivity contribution in [1.82, 2.24) is 0 Å². The smallest absolute Gasteiger partial charge is 0.460 e. The lowest BCUT2D eigenvalue weighted by atomic mass is 9.85. The lowest BCUT2D eigenvalue weighted by Gasteiger charge is -2.44. The molecule has 44 heavy (non-hydrogen) atoms. The van der Waals surface area contributed by atoms with Gasteiger partial charge in [-0.2, -0.15) is 104 Å². The maximum absolute atomic E-state index is 13.8. The number of ether oxygens (including phenoxy) is 1. The lowest BCUT2D eigenvalue weighted by molar-refractivity contribution is -0.474. The third-order valence-electron chi connectivity index (χ3n) is 5.16. The molecule has 0 radical (unpaired) electrons. The Morgan fingerprint density at radius 2 is 0.864 bits per heavy atom. The standard InChI is InChI=1S/C18H13F21O4S/c19-9(20,3-1-4-44-5-2-8(42)43-6-7(40)41)10(21,22)11(23,24)12(25,26)13(27,28)14(29,30)15(31,32)16(33,34)17(35,36)18(37,38)39/h1-6H2,(H,40,41). The summed E-state index contributed by atoms with van der Waals surface area (Å²) in [5.41, 5.74) is 0.